The van der Waals surface area contributed by atoms with Crippen molar-refractivity contribution in [1.29, 1.82) is 0 Å². The topological polar surface area (TPSA) is 87.8 Å². The van der Waals surface area contributed by atoms with E-state index in [4.69, 9.17) is 4.74 Å². The zero-order chi connectivity index (χ0) is 22.1. The van der Waals surface area contributed by atoms with E-state index in [1.165, 1.54) is 6.20 Å². The number of halogens is 3. The molecule has 0 spiro atoms. The van der Waals surface area contributed by atoms with Gasteiger partial charge in [-0.2, -0.15) is 13.2 Å². The van der Waals surface area contributed by atoms with Crippen LogP contribution in [-0.4, -0.2) is 52.3 Å². The van der Waals surface area contributed by atoms with Crippen LogP contribution in [0.3, 0.4) is 0 Å². The van der Waals surface area contributed by atoms with Gasteiger partial charge >= 0.3 is 6.18 Å². The van der Waals surface area contributed by atoms with E-state index in [0.29, 0.717) is 29.8 Å². The predicted molar refractivity (Wildman–Crippen MR) is 115 cm³/mol. The lowest BCUT2D eigenvalue weighted by Crippen LogP contribution is -2.38. The molecule has 5 rings (SSSR count). The lowest BCUT2D eigenvalue weighted by atomic mass is 10.0. The molecule has 3 aromatic heterocycles. The van der Waals surface area contributed by atoms with Gasteiger partial charge in [-0.25, -0.2) is 15.0 Å². The van der Waals surface area contributed by atoms with Gasteiger partial charge in [-0.3, -0.25) is 0 Å². The highest BCUT2D eigenvalue weighted by Gasteiger charge is 2.36. The number of H-pyrrole nitrogens is 1. The summed E-state index contributed by atoms with van der Waals surface area (Å²) in [5, 5.41) is 7.01. The molecule has 32 heavy (non-hydrogen) atoms. The lowest BCUT2D eigenvalue weighted by Gasteiger charge is -2.24. The third kappa shape index (κ3) is 4.20. The highest BCUT2D eigenvalue weighted by atomic mass is 19.4. The molecule has 0 amide bonds. The van der Waals surface area contributed by atoms with E-state index in [1.54, 1.807) is 6.07 Å². The van der Waals surface area contributed by atoms with Crippen LogP contribution < -0.4 is 10.6 Å². The molecule has 1 atom stereocenters. The van der Waals surface area contributed by atoms with Crippen LogP contribution in [0, 0.1) is 0 Å². The van der Waals surface area contributed by atoms with Crippen LogP contribution in [0.2, 0.25) is 0 Å². The van der Waals surface area contributed by atoms with E-state index < -0.39 is 11.7 Å². The molecular weight excluding hydrogens is 421 g/mol. The number of ether oxygens (including phenoxy) is 1. The number of fused-ring (bicyclic) bond motifs is 1. The fraction of sp³-hybridized carbons (Fsp3) is 0.409. The smallest absolute Gasteiger partial charge is 0.377 e. The van der Waals surface area contributed by atoms with Crippen molar-refractivity contribution in [2.45, 2.75) is 31.5 Å². The van der Waals surface area contributed by atoms with Gasteiger partial charge in [0.1, 0.15) is 11.2 Å². The number of aromatic amines is 1. The van der Waals surface area contributed by atoms with Gasteiger partial charge in [-0.1, -0.05) is 6.08 Å². The average Bonchev–Trinajstić information content (AvgIpc) is 3.23. The monoisotopic (exact) mass is 444 g/mol. The zero-order valence-electron chi connectivity index (χ0n) is 17.3. The number of rotatable bonds is 4. The SMILES string of the molecule is FC(F)(F)c1cnc(N[C@H]2CCCNC2)nc1-c1c[nH]c2nc(C3=CCOCC3)ccc12. The summed E-state index contributed by atoms with van der Waals surface area (Å²) in [6, 6.07) is 3.70. The Kier molecular flexibility index (Phi) is 5.56. The van der Waals surface area contributed by atoms with E-state index in [1.807, 2.05) is 12.1 Å². The Labute approximate surface area is 182 Å². The van der Waals surface area contributed by atoms with E-state index in [0.717, 1.165) is 49.8 Å². The summed E-state index contributed by atoms with van der Waals surface area (Å²) in [6.07, 6.45) is 2.44. The first-order chi connectivity index (χ1) is 15.5. The predicted octanol–water partition coefficient (Wildman–Crippen LogP) is 4.01. The second kappa shape index (κ2) is 8.51. The van der Waals surface area contributed by atoms with Crippen molar-refractivity contribution in [3.8, 4) is 11.3 Å². The average molecular weight is 444 g/mol. The number of anilines is 1. The quantitative estimate of drug-likeness (QED) is 0.564. The third-order valence-electron chi connectivity index (χ3n) is 5.81. The van der Waals surface area contributed by atoms with Crippen LogP contribution in [0.1, 0.15) is 30.5 Å². The first-order valence-electron chi connectivity index (χ1n) is 10.7. The Morgan fingerprint density at radius 2 is 2.09 bits per heavy atom. The first kappa shape index (κ1) is 20.9. The highest BCUT2D eigenvalue weighted by Crippen LogP contribution is 2.38. The lowest BCUT2D eigenvalue weighted by molar-refractivity contribution is -0.137. The summed E-state index contributed by atoms with van der Waals surface area (Å²) in [4.78, 5) is 15.9. The Balaban J connectivity index is 1.54. The summed E-state index contributed by atoms with van der Waals surface area (Å²) >= 11 is 0. The molecule has 0 saturated carbocycles. The second-order valence-corrected chi connectivity index (χ2v) is 7.99. The van der Waals surface area contributed by atoms with Gasteiger partial charge in [-0.05, 0) is 43.5 Å². The van der Waals surface area contributed by atoms with Crippen LogP contribution in [0.15, 0.2) is 30.6 Å². The molecular formula is C22H23F3N6O. The second-order valence-electron chi connectivity index (χ2n) is 7.99. The van der Waals surface area contributed by atoms with Crippen molar-refractivity contribution in [3.63, 3.8) is 0 Å². The molecule has 0 aliphatic carbocycles. The van der Waals surface area contributed by atoms with Crippen molar-refractivity contribution < 1.29 is 17.9 Å². The van der Waals surface area contributed by atoms with Gasteiger partial charge < -0.3 is 20.4 Å². The van der Waals surface area contributed by atoms with E-state index in [9.17, 15) is 13.2 Å². The zero-order valence-corrected chi connectivity index (χ0v) is 17.3. The Bertz CT molecular complexity index is 1150. The molecule has 2 aliphatic heterocycles. The molecule has 7 nitrogen and oxygen atoms in total. The summed E-state index contributed by atoms with van der Waals surface area (Å²) in [6.45, 7) is 2.82. The van der Waals surface area contributed by atoms with Gasteiger partial charge in [0, 0.05) is 35.9 Å². The number of aromatic nitrogens is 4. The largest absolute Gasteiger partial charge is 0.419 e. The van der Waals surface area contributed by atoms with Gasteiger partial charge in [-0.15, -0.1) is 0 Å². The van der Waals surface area contributed by atoms with Crippen LogP contribution >= 0.6 is 0 Å². The van der Waals surface area contributed by atoms with Gasteiger partial charge in [0.15, 0.2) is 0 Å². The molecule has 2 aliphatic rings. The standard InChI is InChI=1S/C22H23F3N6O/c23-22(24,25)17-12-28-21(29-14-2-1-7-26-10-14)31-19(17)16-11-27-20-15(16)3-4-18(30-20)13-5-8-32-9-6-13/h3-5,11-12,14,26H,1-2,6-10H2,(H,27,30)(H,28,29,31)/t14-/m0/s1. The number of hydrogen-bond donors (Lipinski definition) is 3. The Morgan fingerprint density at radius 3 is 2.84 bits per heavy atom. The van der Waals surface area contributed by atoms with Crippen molar-refractivity contribution in [3.05, 3.63) is 41.9 Å². The Morgan fingerprint density at radius 1 is 1.19 bits per heavy atom. The van der Waals surface area contributed by atoms with Crippen LogP contribution in [0.25, 0.3) is 27.9 Å². The van der Waals surface area contributed by atoms with E-state index in [-0.39, 0.29) is 17.7 Å². The molecule has 10 heteroatoms. The molecule has 1 saturated heterocycles. The van der Waals surface area contributed by atoms with Crippen molar-refractivity contribution in [2.75, 3.05) is 31.6 Å². The molecule has 168 valence electrons. The number of piperidine rings is 1. The number of nitrogens with zero attached hydrogens (tertiary/aromatic N) is 3. The third-order valence-corrected chi connectivity index (χ3v) is 5.81. The molecule has 5 heterocycles. The number of pyridine rings is 1. The van der Waals surface area contributed by atoms with Gasteiger partial charge in [0.2, 0.25) is 5.95 Å². The molecule has 0 unspecified atom stereocenters. The molecule has 0 bridgehead atoms. The van der Waals surface area contributed by atoms with Crippen LogP contribution in [-0.2, 0) is 10.9 Å². The van der Waals surface area contributed by atoms with E-state index in [2.05, 4.69) is 30.6 Å². The fourth-order valence-electron chi connectivity index (χ4n) is 4.16. The fourth-order valence-corrected chi connectivity index (χ4v) is 4.16. The number of nitrogens with one attached hydrogen (secondary N) is 3. The maximum atomic E-state index is 13.8. The summed E-state index contributed by atoms with van der Waals surface area (Å²) in [5.74, 6) is 0.188. The minimum absolute atomic E-state index is 0.0771. The number of hydrogen-bond acceptors (Lipinski definition) is 6. The van der Waals surface area contributed by atoms with Gasteiger partial charge in [0.25, 0.3) is 0 Å². The summed E-state index contributed by atoms with van der Waals surface area (Å²) in [5.41, 5.74) is 1.69. The van der Waals surface area contributed by atoms with E-state index >= 15 is 0 Å². The summed E-state index contributed by atoms with van der Waals surface area (Å²) < 4.78 is 46.7. The van der Waals surface area contributed by atoms with Crippen molar-refractivity contribution in [1.82, 2.24) is 25.3 Å². The first-order valence-corrected chi connectivity index (χ1v) is 10.7. The van der Waals surface area contributed by atoms with Crippen molar-refractivity contribution in [2.24, 2.45) is 0 Å². The highest BCUT2D eigenvalue weighted by molar-refractivity contribution is 5.94. The molecule has 3 N–H and O–H groups in total. The number of alkyl halides is 3. The molecule has 3 aromatic rings. The normalized spacial score (nSPS) is 19.7. The summed E-state index contributed by atoms with van der Waals surface area (Å²) in [7, 11) is 0. The molecule has 1 fully saturated rings. The molecule has 0 aromatic carbocycles. The molecule has 0 radical (unpaired) electrons. The minimum Gasteiger partial charge on any atom is -0.377 e. The maximum absolute atomic E-state index is 13.8. The van der Waals surface area contributed by atoms with Crippen LogP contribution in [0.5, 0.6) is 0 Å². The maximum Gasteiger partial charge on any atom is 0.419 e. The Hall–Kier alpha value is -2.98. The van der Waals surface area contributed by atoms with Gasteiger partial charge in [0.05, 0.1) is 24.6 Å². The van der Waals surface area contributed by atoms with Crippen LogP contribution in [0.4, 0.5) is 19.1 Å². The minimum atomic E-state index is -4.58. The van der Waals surface area contributed by atoms with Crippen molar-refractivity contribution >= 4 is 22.6 Å².